The third-order valence-electron chi connectivity index (χ3n) is 2.91. The minimum Gasteiger partial charge on any atom is -0.350 e. The van der Waals surface area contributed by atoms with Crippen molar-refractivity contribution < 1.29 is 9.59 Å². The van der Waals surface area contributed by atoms with Crippen LogP contribution in [0.25, 0.3) is 0 Å². The molecule has 0 saturated heterocycles. The number of benzene rings is 1. The lowest BCUT2D eigenvalue weighted by Crippen LogP contribution is -2.36. The van der Waals surface area contributed by atoms with Gasteiger partial charge in [0.1, 0.15) is 0 Å². The van der Waals surface area contributed by atoms with Crippen LogP contribution in [0.1, 0.15) is 21.6 Å². The molecular weight excluding hydrogens is 336 g/mol. The minimum absolute atomic E-state index is 0.0672. The van der Waals surface area contributed by atoms with Crippen molar-refractivity contribution in [1.29, 1.82) is 0 Å². The number of aromatic nitrogens is 2. The molecule has 0 spiro atoms. The van der Waals surface area contributed by atoms with E-state index in [0.29, 0.717) is 12.1 Å². The Morgan fingerprint density at radius 2 is 2.14 bits per heavy atom. The standard InChI is InChI=1S/C14H15BrN4O2/c1-9-11(7-18-19-9)6-16-13(20)8-17-14(21)10-3-2-4-12(15)5-10/h2-5,7H,6,8H2,1H3,(H,16,20)(H,17,21)(H,18,19). The van der Waals surface area contributed by atoms with Crippen molar-refractivity contribution in [2.24, 2.45) is 0 Å². The first-order valence-electron chi connectivity index (χ1n) is 6.35. The molecule has 110 valence electrons. The summed E-state index contributed by atoms with van der Waals surface area (Å²) in [7, 11) is 0. The zero-order chi connectivity index (χ0) is 15.2. The fraction of sp³-hybridized carbons (Fsp3) is 0.214. The third kappa shape index (κ3) is 4.42. The van der Waals surface area contributed by atoms with Crippen LogP contribution in [-0.4, -0.2) is 28.6 Å². The summed E-state index contributed by atoms with van der Waals surface area (Å²) in [6.45, 7) is 2.19. The van der Waals surface area contributed by atoms with Crippen LogP contribution >= 0.6 is 15.9 Å². The number of hydrogen-bond acceptors (Lipinski definition) is 3. The van der Waals surface area contributed by atoms with Gasteiger partial charge in [0.25, 0.3) is 5.91 Å². The maximum atomic E-state index is 11.9. The van der Waals surface area contributed by atoms with E-state index in [1.807, 2.05) is 13.0 Å². The summed E-state index contributed by atoms with van der Waals surface area (Å²) in [4.78, 5) is 23.5. The topological polar surface area (TPSA) is 86.9 Å². The van der Waals surface area contributed by atoms with Crippen LogP contribution in [0.3, 0.4) is 0 Å². The van der Waals surface area contributed by atoms with Crippen molar-refractivity contribution in [1.82, 2.24) is 20.8 Å². The van der Waals surface area contributed by atoms with E-state index in [0.717, 1.165) is 15.7 Å². The van der Waals surface area contributed by atoms with Gasteiger partial charge in [0.05, 0.1) is 12.7 Å². The van der Waals surface area contributed by atoms with Gasteiger partial charge in [-0.25, -0.2) is 0 Å². The van der Waals surface area contributed by atoms with E-state index in [1.165, 1.54) is 0 Å². The fourth-order valence-corrected chi connectivity index (χ4v) is 2.10. The lowest BCUT2D eigenvalue weighted by molar-refractivity contribution is -0.120. The highest BCUT2D eigenvalue weighted by molar-refractivity contribution is 9.10. The number of H-pyrrole nitrogens is 1. The van der Waals surface area contributed by atoms with E-state index in [4.69, 9.17) is 0 Å². The first-order chi connectivity index (χ1) is 10.1. The molecule has 0 aliphatic rings. The second-order valence-corrected chi connectivity index (χ2v) is 5.41. The van der Waals surface area contributed by atoms with E-state index >= 15 is 0 Å². The first-order valence-corrected chi connectivity index (χ1v) is 7.15. The highest BCUT2D eigenvalue weighted by atomic mass is 79.9. The van der Waals surface area contributed by atoms with E-state index in [2.05, 4.69) is 36.8 Å². The number of nitrogens with zero attached hydrogens (tertiary/aromatic N) is 1. The summed E-state index contributed by atoms with van der Waals surface area (Å²) in [5.41, 5.74) is 2.33. The molecule has 0 aliphatic carbocycles. The Labute approximate surface area is 130 Å². The molecule has 3 N–H and O–H groups in total. The third-order valence-corrected chi connectivity index (χ3v) is 3.40. The number of nitrogens with one attached hydrogen (secondary N) is 3. The molecule has 2 aromatic rings. The smallest absolute Gasteiger partial charge is 0.251 e. The van der Waals surface area contributed by atoms with Crippen LogP contribution < -0.4 is 10.6 Å². The maximum absolute atomic E-state index is 11.9. The molecule has 21 heavy (non-hydrogen) atoms. The van der Waals surface area contributed by atoms with Gasteiger partial charge in [0.2, 0.25) is 5.91 Å². The van der Waals surface area contributed by atoms with Crippen molar-refractivity contribution in [2.45, 2.75) is 13.5 Å². The molecule has 2 rings (SSSR count). The Bertz CT molecular complexity index is 654. The molecule has 0 unspecified atom stereocenters. The molecule has 0 fully saturated rings. The van der Waals surface area contributed by atoms with E-state index in [9.17, 15) is 9.59 Å². The van der Waals surface area contributed by atoms with Gasteiger partial charge in [-0.05, 0) is 25.1 Å². The second kappa shape index (κ2) is 7.03. The predicted octanol–water partition coefficient (Wildman–Crippen LogP) is 1.53. The van der Waals surface area contributed by atoms with E-state index in [-0.39, 0.29) is 18.4 Å². The number of carbonyl (C=O) groups is 2. The van der Waals surface area contributed by atoms with Gasteiger partial charge in [-0.15, -0.1) is 0 Å². The molecule has 0 radical (unpaired) electrons. The summed E-state index contributed by atoms with van der Waals surface area (Å²) >= 11 is 3.30. The highest BCUT2D eigenvalue weighted by Gasteiger charge is 2.09. The average molecular weight is 351 g/mol. The summed E-state index contributed by atoms with van der Waals surface area (Å²) in [6.07, 6.45) is 1.66. The first kappa shape index (κ1) is 15.2. The Morgan fingerprint density at radius 1 is 1.33 bits per heavy atom. The molecule has 2 amide bonds. The quantitative estimate of drug-likeness (QED) is 0.764. The van der Waals surface area contributed by atoms with Crippen molar-refractivity contribution in [3.8, 4) is 0 Å². The number of carbonyl (C=O) groups excluding carboxylic acids is 2. The summed E-state index contributed by atoms with van der Waals surface area (Å²) in [5, 5.41) is 12.0. The van der Waals surface area contributed by atoms with Gasteiger partial charge < -0.3 is 10.6 Å². The van der Waals surface area contributed by atoms with Gasteiger partial charge in [0.15, 0.2) is 0 Å². The van der Waals surface area contributed by atoms with Crippen LogP contribution in [0.5, 0.6) is 0 Å². The van der Waals surface area contributed by atoms with Crippen LogP contribution in [0.15, 0.2) is 34.9 Å². The van der Waals surface area contributed by atoms with E-state index < -0.39 is 0 Å². The summed E-state index contributed by atoms with van der Waals surface area (Å²) in [5.74, 6) is -0.537. The number of aryl methyl sites for hydroxylation is 1. The Hall–Kier alpha value is -2.15. The van der Waals surface area contributed by atoms with Gasteiger partial charge >= 0.3 is 0 Å². The average Bonchev–Trinajstić information content (AvgIpc) is 2.88. The minimum atomic E-state index is -0.286. The summed E-state index contributed by atoms with van der Waals surface area (Å²) in [6, 6.07) is 6.98. The van der Waals surface area contributed by atoms with Crippen LogP contribution in [-0.2, 0) is 11.3 Å². The zero-order valence-corrected chi connectivity index (χ0v) is 13.0. The zero-order valence-electron chi connectivity index (χ0n) is 11.4. The SMILES string of the molecule is Cc1[nH]ncc1CNC(=O)CNC(=O)c1cccc(Br)c1. The Morgan fingerprint density at radius 3 is 2.81 bits per heavy atom. The molecule has 6 nitrogen and oxygen atoms in total. The molecule has 1 heterocycles. The number of aromatic amines is 1. The molecule has 0 bridgehead atoms. The number of hydrogen-bond donors (Lipinski definition) is 3. The number of halogens is 1. The van der Waals surface area contributed by atoms with Crippen molar-refractivity contribution in [2.75, 3.05) is 6.54 Å². The van der Waals surface area contributed by atoms with Crippen LogP contribution in [0.4, 0.5) is 0 Å². The van der Waals surface area contributed by atoms with Gasteiger partial charge in [0, 0.05) is 27.8 Å². The number of amides is 2. The Balaban J connectivity index is 1.79. The number of rotatable bonds is 5. The predicted molar refractivity (Wildman–Crippen MR) is 81.6 cm³/mol. The van der Waals surface area contributed by atoms with Gasteiger partial charge in [-0.3, -0.25) is 14.7 Å². The fourth-order valence-electron chi connectivity index (χ4n) is 1.70. The van der Waals surface area contributed by atoms with Gasteiger partial charge in [-0.2, -0.15) is 5.10 Å². The van der Waals surface area contributed by atoms with E-state index in [1.54, 1.807) is 24.4 Å². The van der Waals surface area contributed by atoms with Crippen molar-refractivity contribution >= 4 is 27.7 Å². The molecule has 7 heteroatoms. The molecule has 1 aromatic carbocycles. The lowest BCUT2D eigenvalue weighted by Gasteiger charge is -2.07. The summed E-state index contributed by atoms with van der Waals surface area (Å²) < 4.78 is 0.815. The Kier molecular flexibility index (Phi) is 5.10. The van der Waals surface area contributed by atoms with Gasteiger partial charge in [-0.1, -0.05) is 22.0 Å². The molecule has 0 saturated carbocycles. The normalized spacial score (nSPS) is 10.2. The highest BCUT2D eigenvalue weighted by Crippen LogP contribution is 2.11. The monoisotopic (exact) mass is 350 g/mol. The van der Waals surface area contributed by atoms with Crippen molar-refractivity contribution in [3.05, 3.63) is 51.8 Å². The van der Waals surface area contributed by atoms with Crippen LogP contribution in [0.2, 0.25) is 0 Å². The lowest BCUT2D eigenvalue weighted by atomic mass is 10.2. The van der Waals surface area contributed by atoms with Crippen molar-refractivity contribution in [3.63, 3.8) is 0 Å². The largest absolute Gasteiger partial charge is 0.350 e. The molecule has 0 atom stereocenters. The molecular formula is C14H15BrN4O2. The molecule has 0 aliphatic heterocycles. The molecule has 1 aromatic heterocycles. The van der Waals surface area contributed by atoms with Crippen LogP contribution in [0, 0.1) is 6.92 Å². The second-order valence-electron chi connectivity index (χ2n) is 4.49. The maximum Gasteiger partial charge on any atom is 0.251 e.